The van der Waals surface area contributed by atoms with Crippen molar-refractivity contribution >= 4 is 20.0 Å². The monoisotopic (exact) mass is 185 g/mol. The standard InChI is InChI=1S/C2H3NO5S2/c3-1-9(4,5)2-10(6,7)8/h2H2,(H,6,7,8). The van der Waals surface area contributed by atoms with E-state index in [9.17, 15) is 16.8 Å². The van der Waals surface area contributed by atoms with Crippen molar-refractivity contribution in [2.45, 2.75) is 0 Å². The molecule has 0 spiro atoms. The minimum atomic E-state index is -4.60. The average molecular weight is 185 g/mol. The molecule has 0 rings (SSSR count). The van der Waals surface area contributed by atoms with E-state index >= 15 is 0 Å². The van der Waals surface area contributed by atoms with Crippen molar-refractivity contribution in [2.75, 3.05) is 5.08 Å². The maximum absolute atomic E-state index is 10.1. The molecular weight excluding hydrogens is 182 g/mol. The van der Waals surface area contributed by atoms with Crippen LogP contribution in [0.25, 0.3) is 0 Å². The fourth-order valence-electron chi connectivity index (χ4n) is 0.222. The molecule has 0 aliphatic rings. The smallest absolute Gasteiger partial charge is 0.280 e. The third-order valence-corrected chi connectivity index (χ3v) is 3.15. The van der Waals surface area contributed by atoms with Gasteiger partial charge in [0.1, 0.15) is 0 Å². The van der Waals surface area contributed by atoms with Gasteiger partial charge in [0, 0.05) is 0 Å². The van der Waals surface area contributed by atoms with Gasteiger partial charge in [-0.1, -0.05) is 0 Å². The van der Waals surface area contributed by atoms with Gasteiger partial charge in [0.05, 0.1) is 0 Å². The molecule has 0 amide bonds. The lowest BCUT2D eigenvalue weighted by Gasteiger charge is -1.88. The molecule has 0 radical (unpaired) electrons. The van der Waals surface area contributed by atoms with Crippen molar-refractivity contribution in [3.63, 3.8) is 0 Å². The SMILES string of the molecule is N#CS(=O)(=O)CS(=O)(=O)O. The molecule has 1 N–H and O–H groups in total. The Morgan fingerprint density at radius 1 is 1.30 bits per heavy atom. The van der Waals surface area contributed by atoms with Crippen LogP contribution < -0.4 is 0 Å². The van der Waals surface area contributed by atoms with E-state index in [0.29, 0.717) is 0 Å². The van der Waals surface area contributed by atoms with Crippen molar-refractivity contribution in [1.29, 1.82) is 5.26 Å². The van der Waals surface area contributed by atoms with Crippen molar-refractivity contribution in [3.8, 4) is 5.40 Å². The average Bonchev–Trinajstić information content (AvgIpc) is 1.60. The summed E-state index contributed by atoms with van der Waals surface area (Å²) >= 11 is 0. The van der Waals surface area contributed by atoms with Crippen molar-refractivity contribution in [2.24, 2.45) is 0 Å². The highest BCUT2D eigenvalue weighted by Crippen LogP contribution is 1.91. The summed E-state index contributed by atoms with van der Waals surface area (Å²) in [6.07, 6.45) is 0. The van der Waals surface area contributed by atoms with Crippen molar-refractivity contribution in [1.82, 2.24) is 0 Å². The number of sulfone groups is 1. The first-order valence-corrected chi connectivity index (χ1v) is 5.12. The molecule has 58 valence electrons. The van der Waals surface area contributed by atoms with Crippen LogP contribution in [0.5, 0.6) is 0 Å². The summed E-state index contributed by atoms with van der Waals surface area (Å²) < 4.78 is 47.8. The van der Waals surface area contributed by atoms with Crippen LogP contribution in [0.3, 0.4) is 0 Å². The normalized spacial score (nSPS) is 12.4. The van der Waals surface area contributed by atoms with Gasteiger partial charge in [-0.05, 0) is 0 Å². The molecule has 0 heterocycles. The number of hydrogen-bond donors (Lipinski definition) is 1. The molecule has 0 saturated carbocycles. The summed E-state index contributed by atoms with van der Waals surface area (Å²) in [4.78, 5) is 0. The molecule has 0 aliphatic carbocycles. The van der Waals surface area contributed by atoms with E-state index in [0.717, 1.165) is 5.40 Å². The van der Waals surface area contributed by atoms with Gasteiger partial charge in [-0.2, -0.15) is 13.7 Å². The zero-order valence-electron chi connectivity index (χ0n) is 4.55. The van der Waals surface area contributed by atoms with Gasteiger partial charge in [0.2, 0.25) is 0 Å². The lowest BCUT2D eigenvalue weighted by atomic mass is 11.8. The van der Waals surface area contributed by atoms with E-state index in [1.165, 1.54) is 0 Å². The van der Waals surface area contributed by atoms with Crippen molar-refractivity contribution < 1.29 is 21.4 Å². The molecule has 8 heteroatoms. The van der Waals surface area contributed by atoms with E-state index in [2.05, 4.69) is 0 Å². The Balaban J connectivity index is 4.71. The maximum atomic E-state index is 10.1. The second kappa shape index (κ2) is 2.53. The highest BCUT2D eigenvalue weighted by Gasteiger charge is 2.18. The number of nitriles is 1. The Morgan fingerprint density at radius 3 is 1.80 bits per heavy atom. The molecule has 0 aromatic rings. The second-order valence-corrected chi connectivity index (χ2v) is 4.92. The largest absolute Gasteiger partial charge is 0.285 e. The number of rotatable bonds is 2. The molecule has 10 heavy (non-hydrogen) atoms. The topological polar surface area (TPSA) is 112 Å². The molecule has 0 atom stereocenters. The predicted molar refractivity (Wildman–Crippen MR) is 30.9 cm³/mol. The number of hydrogen-bond acceptors (Lipinski definition) is 5. The van der Waals surface area contributed by atoms with Gasteiger partial charge < -0.3 is 0 Å². The Labute approximate surface area is 57.8 Å². The lowest BCUT2D eigenvalue weighted by molar-refractivity contribution is 0.487. The summed E-state index contributed by atoms with van der Waals surface area (Å²) in [5, 5.41) is 6.93. The molecule has 6 nitrogen and oxygen atoms in total. The van der Waals surface area contributed by atoms with Crippen LogP contribution in [0.4, 0.5) is 0 Å². The lowest BCUT2D eigenvalue weighted by Crippen LogP contribution is -2.12. The molecule has 0 fully saturated rings. The molecule has 0 unspecified atom stereocenters. The van der Waals surface area contributed by atoms with Crippen LogP contribution in [-0.2, 0) is 20.0 Å². The summed E-state index contributed by atoms with van der Waals surface area (Å²) in [5.41, 5.74) is 0. The highest BCUT2D eigenvalue weighted by molar-refractivity contribution is 8.08. The number of nitrogens with zero attached hydrogens (tertiary/aromatic N) is 1. The van der Waals surface area contributed by atoms with E-state index in [1.54, 1.807) is 0 Å². The molecule has 0 saturated heterocycles. The van der Waals surface area contributed by atoms with Gasteiger partial charge in [0.15, 0.2) is 10.5 Å². The van der Waals surface area contributed by atoms with Crippen LogP contribution >= 0.6 is 0 Å². The fraction of sp³-hybridized carbons (Fsp3) is 0.500. The summed E-state index contributed by atoms with van der Waals surface area (Å²) in [7, 11) is -8.91. The Hall–Kier alpha value is -0.650. The molecular formula is C2H3NO5S2. The Bertz CT molecular complexity index is 342. The van der Waals surface area contributed by atoms with Crippen LogP contribution in [0.1, 0.15) is 0 Å². The Morgan fingerprint density at radius 2 is 1.70 bits per heavy atom. The van der Waals surface area contributed by atoms with Gasteiger partial charge in [-0.15, -0.1) is 0 Å². The first kappa shape index (κ1) is 9.35. The van der Waals surface area contributed by atoms with Crippen LogP contribution in [0.15, 0.2) is 0 Å². The predicted octanol–water partition coefficient (Wildman–Crippen LogP) is -1.27. The molecule has 0 bridgehead atoms. The quantitative estimate of drug-likeness (QED) is 0.326. The van der Waals surface area contributed by atoms with Crippen LogP contribution in [0.2, 0.25) is 0 Å². The summed E-state index contributed by atoms with van der Waals surface area (Å²) in [5.74, 6) is 0. The molecule has 0 aromatic heterocycles. The van der Waals surface area contributed by atoms with E-state index in [-0.39, 0.29) is 0 Å². The second-order valence-electron chi connectivity index (χ2n) is 1.41. The summed E-state index contributed by atoms with van der Waals surface area (Å²) in [6.45, 7) is 0. The van der Waals surface area contributed by atoms with E-state index in [4.69, 9.17) is 9.81 Å². The van der Waals surface area contributed by atoms with Gasteiger partial charge >= 0.3 is 0 Å². The van der Waals surface area contributed by atoms with Gasteiger partial charge in [-0.3, -0.25) is 4.55 Å². The first-order valence-electron chi connectivity index (χ1n) is 1.85. The highest BCUT2D eigenvalue weighted by atomic mass is 32.3. The minimum absolute atomic E-state index is 0.731. The zero-order chi connectivity index (χ0) is 8.41. The van der Waals surface area contributed by atoms with Crippen LogP contribution in [-0.4, -0.2) is 26.5 Å². The Kier molecular flexibility index (Phi) is 2.37. The van der Waals surface area contributed by atoms with Crippen LogP contribution in [0, 0.1) is 10.7 Å². The maximum Gasteiger partial charge on any atom is 0.280 e. The van der Waals surface area contributed by atoms with E-state index < -0.39 is 25.0 Å². The van der Waals surface area contributed by atoms with Gasteiger partial charge in [0.25, 0.3) is 20.0 Å². The first-order chi connectivity index (χ1) is 4.27. The zero-order valence-corrected chi connectivity index (χ0v) is 6.18. The third kappa shape index (κ3) is 4.25. The van der Waals surface area contributed by atoms with Gasteiger partial charge in [-0.25, -0.2) is 8.42 Å². The third-order valence-electron chi connectivity index (χ3n) is 0.443. The molecule has 0 aromatic carbocycles. The minimum Gasteiger partial charge on any atom is -0.285 e. The summed E-state index contributed by atoms with van der Waals surface area (Å²) in [6, 6.07) is 0. The fourth-order valence-corrected chi connectivity index (χ4v) is 2.00. The molecule has 0 aliphatic heterocycles. The number of thiocyanates is 1. The van der Waals surface area contributed by atoms with Crippen molar-refractivity contribution in [3.05, 3.63) is 0 Å². The van der Waals surface area contributed by atoms with E-state index in [1.807, 2.05) is 0 Å².